The quantitative estimate of drug-likeness (QED) is 0.676. The zero-order valence-corrected chi connectivity index (χ0v) is 10.9. The zero-order valence-electron chi connectivity index (χ0n) is 10.9. The summed E-state index contributed by atoms with van der Waals surface area (Å²) in [5.74, 6) is -0.722. The summed E-state index contributed by atoms with van der Waals surface area (Å²) in [4.78, 5) is 26.3. The molecule has 1 heterocycles. The van der Waals surface area contributed by atoms with Gasteiger partial charge in [0.1, 0.15) is 5.69 Å². The molecule has 98 valence electrons. The average molecular weight is 257 g/mol. The van der Waals surface area contributed by atoms with E-state index in [4.69, 9.17) is 4.74 Å². The van der Waals surface area contributed by atoms with Gasteiger partial charge in [-0.1, -0.05) is 23.8 Å². The summed E-state index contributed by atoms with van der Waals surface area (Å²) < 4.78 is 4.97. The number of hydrogen-bond acceptors (Lipinski definition) is 3. The first-order valence-electron chi connectivity index (χ1n) is 5.99. The fourth-order valence-corrected chi connectivity index (χ4v) is 1.87. The first-order chi connectivity index (χ1) is 9.08. The van der Waals surface area contributed by atoms with Crippen LogP contribution in [0.5, 0.6) is 0 Å². The third-order valence-corrected chi connectivity index (χ3v) is 2.83. The number of hydrogen-bond donors (Lipinski definition) is 1. The van der Waals surface area contributed by atoms with Crippen LogP contribution < -0.4 is 0 Å². The third kappa shape index (κ3) is 3.10. The van der Waals surface area contributed by atoms with Gasteiger partial charge in [-0.05, 0) is 31.5 Å². The van der Waals surface area contributed by atoms with Gasteiger partial charge in [0.05, 0.1) is 0 Å². The van der Waals surface area contributed by atoms with E-state index in [0.29, 0.717) is 11.3 Å². The minimum absolute atomic E-state index is 0.197. The lowest BCUT2D eigenvalue weighted by Crippen LogP contribution is -2.15. The lowest BCUT2D eigenvalue weighted by atomic mass is 10.0. The number of aromatic nitrogens is 1. The molecule has 0 amide bonds. The highest BCUT2D eigenvalue weighted by Crippen LogP contribution is 2.11. The second-order valence-electron chi connectivity index (χ2n) is 4.40. The van der Waals surface area contributed by atoms with Gasteiger partial charge < -0.3 is 9.72 Å². The molecule has 0 saturated heterocycles. The predicted molar refractivity (Wildman–Crippen MR) is 71.3 cm³/mol. The van der Waals surface area contributed by atoms with E-state index in [1.54, 1.807) is 24.4 Å². The average Bonchev–Trinajstić information content (AvgIpc) is 2.89. The topological polar surface area (TPSA) is 59.2 Å². The maximum absolute atomic E-state index is 12.0. The molecule has 19 heavy (non-hydrogen) atoms. The van der Waals surface area contributed by atoms with Crippen LogP contribution in [0.15, 0.2) is 36.5 Å². The minimum Gasteiger partial charge on any atom is -0.453 e. The maximum Gasteiger partial charge on any atom is 0.355 e. The molecule has 1 aromatic heterocycles. The van der Waals surface area contributed by atoms with Gasteiger partial charge in [0.25, 0.3) is 0 Å². The summed E-state index contributed by atoms with van der Waals surface area (Å²) in [5.41, 5.74) is 2.91. The SMILES string of the molecule is Cc1ccc(C(=O)COC(=O)c2ccc[nH]2)c(C)c1. The first-order valence-corrected chi connectivity index (χ1v) is 5.99. The molecule has 0 radical (unpaired) electrons. The number of aromatic amines is 1. The summed E-state index contributed by atoms with van der Waals surface area (Å²) in [5, 5.41) is 0. The van der Waals surface area contributed by atoms with Crippen LogP contribution in [0.25, 0.3) is 0 Å². The van der Waals surface area contributed by atoms with Crippen molar-refractivity contribution in [3.8, 4) is 0 Å². The fourth-order valence-electron chi connectivity index (χ4n) is 1.87. The molecule has 2 aromatic rings. The number of Topliss-reactive ketones (excluding diaryl/α,β-unsaturated/α-hetero) is 1. The molecule has 0 aliphatic rings. The van der Waals surface area contributed by atoms with Crippen LogP contribution in [0.3, 0.4) is 0 Å². The van der Waals surface area contributed by atoms with Crippen LogP contribution in [0.2, 0.25) is 0 Å². The minimum atomic E-state index is -0.525. The normalized spacial score (nSPS) is 10.2. The number of ketones is 1. The Morgan fingerprint density at radius 2 is 2.00 bits per heavy atom. The molecular formula is C15H15NO3. The van der Waals surface area contributed by atoms with Gasteiger partial charge in [-0.2, -0.15) is 0 Å². The highest BCUT2D eigenvalue weighted by Gasteiger charge is 2.13. The second kappa shape index (κ2) is 5.52. The van der Waals surface area contributed by atoms with Crippen LogP contribution in [0.1, 0.15) is 32.0 Å². The van der Waals surface area contributed by atoms with Crippen molar-refractivity contribution in [2.24, 2.45) is 0 Å². The number of ether oxygens (including phenoxy) is 1. The van der Waals surface area contributed by atoms with Gasteiger partial charge in [0.2, 0.25) is 5.78 Å². The molecule has 2 rings (SSSR count). The fraction of sp³-hybridized carbons (Fsp3) is 0.200. The van der Waals surface area contributed by atoms with Crippen molar-refractivity contribution < 1.29 is 14.3 Å². The Hall–Kier alpha value is -2.36. The van der Waals surface area contributed by atoms with E-state index < -0.39 is 5.97 Å². The monoisotopic (exact) mass is 257 g/mol. The smallest absolute Gasteiger partial charge is 0.355 e. The van der Waals surface area contributed by atoms with E-state index in [9.17, 15) is 9.59 Å². The summed E-state index contributed by atoms with van der Waals surface area (Å²) in [7, 11) is 0. The number of H-pyrrole nitrogens is 1. The number of nitrogens with one attached hydrogen (secondary N) is 1. The van der Waals surface area contributed by atoms with Gasteiger partial charge >= 0.3 is 5.97 Å². The van der Waals surface area contributed by atoms with Crippen molar-refractivity contribution >= 4 is 11.8 Å². The molecule has 4 heteroatoms. The van der Waals surface area contributed by atoms with Crippen molar-refractivity contribution in [3.63, 3.8) is 0 Å². The van der Waals surface area contributed by atoms with E-state index in [1.165, 1.54) is 0 Å². The summed E-state index contributed by atoms with van der Waals surface area (Å²) >= 11 is 0. The zero-order chi connectivity index (χ0) is 13.8. The van der Waals surface area contributed by atoms with Crippen molar-refractivity contribution in [1.29, 1.82) is 0 Å². The van der Waals surface area contributed by atoms with Crippen LogP contribution in [-0.2, 0) is 4.74 Å². The van der Waals surface area contributed by atoms with Gasteiger partial charge in [-0.25, -0.2) is 4.79 Å². The predicted octanol–water partition coefficient (Wildman–Crippen LogP) is 2.67. The molecule has 0 saturated carbocycles. The van der Waals surface area contributed by atoms with Gasteiger partial charge in [-0.15, -0.1) is 0 Å². The molecule has 4 nitrogen and oxygen atoms in total. The van der Waals surface area contributed by atoms with E-state index in [-0.39, 0.29) is 12.4 Å². The van der Waals surface area contributed by atoms with Gasteiger partial charge in [0.15, 0.2) is 6.61 Å². The van der Waals surface area contributed by atoms with Crippen molar-refractivity contribution in [2.75, 3.05) is 6.61 Å². The maximum atomic E-state index is 12.0. The highest BCUT2D eigenvalue weighted by atomic mass is 16.5. The molecule has 0 aliphatic heterocycles. The Balaban J connectivity index is 2.00. The van der Waals surface area contributed by atoms with Crippen LogP contribution in [-0.4, -0.2) is 23.3 Å². The largest absolute Gasteiger partial charge is 0.453 e. The Bertz CT molecular complexity index is 600. The lowest BCUT2D eigenvalue weighted by molar-refractivity contribution is 0.0469. The number of carbonyl (C=O) groups excluding carboxylic acids is 2. The molecule has 1 N–H and O–H groups in total. The second-order valence-corrected chi connectivity index (χ2v) is 4.40. The Labute approximate surface area is 111 Å². The summed E-state index contributed by atoms with van der Waals surface area (Å²) in [6.07, 6.45) is 1.63. The number of rotatable bonds is 4. The Kier molecular flexibility index (Phi) is 3.80. The molecular weight excluding hydrogens is 242 g/mol. The van der Waals surface area contributed by atoms with Crippen molar-refractivity contribution in [2.45, 2.75) is 13.8 Å². The number of carbonyl (C=O) groups is 2. The van der Waals surface area contributed by atoms with E-state index >= 15 is 0 Å². The molecule has 0 bridgehead atoms. The lowest BCUT2D eigenvalue weighted by Gasteiger charge is -2.06. The molecule has 0 spiro atoms. The molecule has 1 aromatic carbocycles. The molecule has 0 unspecified atom stereocenters. The Morgan fingerprint density at radius 3 is 2.63 bits per heavy atom. The van der Waals surface area contributed by atoms with E-state index in [1.807, 2.05) is 26.0 Å². The molecule has 0 atom stereocenters. The van der Waals surface area contributed by atoms with Crippen LogP contribution in [0.4, 0.5) is 0 Å². The molecule has 0 fully saturated rings. The Morgan fingerprint density at radius 1 is 1.21 bits per heavy atom. The number of benzene rings is 1. The van der Waals surface area contributed by atoms with Crippen molar-refractivity contribution in [3.05, 3.63) is 58.9 Å². The first kappa shape index (κ1) is 13.1. The van der Waals surface area contributed by atoms with Crippen molar-refractivity contribution in [1.82, 2.24) is 4.98 Å². The van der Waals surface area contributed by atoms with Crippen LogP contribution >= 0.6 is 0 Å². The van der Waals surface area contributed by atoms with Crippen LogP contribution in [0, 0.1) is 13.8 Å². The van der Waals surface area contributed by atoms with E-state index in [2.05, 4.69) is 4.98 Å². The standard InChI is InChI=1S/C15H15NO3/c1-10-5-6-12(11(2)8-10)14(17)9-19-15(18)13-4-3-7-16-13/h3-8,16H,9H2,1-2H3. The number of esters is 1. The van der Waals surface area contributed by atoms with Gasteiger partial charge in [0, 0.05) is 11.8 Å². The number of aryl methyl sites for hydroxylation is 2. The third-order valence-electron chi connectivity index (χ3n) is 2.83. The highest BCUT2D eigenvalue weighted by molar-refractivity contribution is 6.00. The van der Waals surface area contributed by atoms with E-state index in [0.717, 1.165) is 11.1 Å². The molecule has 0 aliphatic carbocycles. The van der Waals surface area contributed by atoms with Gasteiger partial charge in [-0.3, -0.25) is 4.79 Å². The summed E-state index contributed by atoms with van der Waals surface area (Å²) in [6.45, 7) is 3.58. The summed E-state index contributed by atoms with van der Waals surface area (Å²) in [6, 6.07) is 8.86.